The number of benzene rings is 1. The van der Waals surface area contributed by atoms with Crippen LogP contribution in [0, 0.1) is 6.92 Å². The average molecular weight is 247 g/mol. The Hall–Kier alpha value is -2.01. The van der Waals surface area contributed by atoms with Crippen LogP contribution in [0.4, 0.5) is 0 Å². The van der Waals surface area contributed by atoms with Crippen molar-refractivity contribution in [3.05, 3.63) is 35.5 Å². The number of rotatable bonds is 4. The van der Waals surface area contributed by atoms with E-state index in [1.807, 2.05) is 31.2 Å². The maximum atomic E-state index is 5.71. The van der Waals surface area contributed by atoms with Gasteiger partial charge in [-0.1, -0.05) is 0 Å². The number of nitrogens with two attached hydrogens (primary N) is 1. The molecule has 1 aromatic carbocycles. The van der Waals surface area contributed by atoms with Gasteiger partial charge in [-0.2, -0.15) is 5.10 Å². The van der Waals surface area contributed by atoms with Crippen LogP contribution in [0.1, 0.15) is 11.3 Å². The van der Waals surface area contributed by atoms with Gasteiger partial charge in [0.2, 0.25) is 5.88 Å². The number of hydrogen-bond donors (Lipinski definition) is 1. The highest BCUT2D eigenvalue weighted by molar-refractivity contribution is 5.43. The van der Waals surface area contributed by atoms with E-state index in [4.69, 9.17) is 15.2 Å². The topological polar surface area (TPSA) is 62.3 Å². The minimum atomic E-state index is 0.408. The highest BCUT2D eigenvalue weighted by Gasteiger charge is 2.15. The first-order chi connectivity index (χ1) is 8.71. The lowest BCUT2D eigenvalue weighted by molar-refractivity contribution is 0.379. The monoisotopic (exact) mass is 247 g/mol. The van der Waals surface area contributed by atoms with Crippen LogP contribution in [-0.2, 0) is 6.54 Å². The number of methoxy groups -OCH3 is 2. The molecule has 0 aliphatic rings. The van der Waals surface area contributed by atoms with E-state index in [9.17, 15) is 0 Å². The number of aryl methyl sites for hydroxylation is 1. The van der Waals surface area contributed by atoms with E-state index in [2.05, 4.69) is 5.10 Å². The quantitative estimate of drug-likeness (QED) is 0.892. The molecule has 96 valence electrons. The molecule has 0 radical (unpaired) electrons. The summed E-state index contributed by atoms with van der Waals surface area (Å²) in [5.74, 6) is 1.49. The lowest BCUT2D eigenvalue weighted by atomic mass is 10.2. The first kappa shape index (κ1) is 12.4. The Morgan fingerprint density at radius 3 is 2.33 bits per heavy atom. The van der Waals surface area contributed by atoms with Crippen LogP contribution in [0.25, 0.3) is 5.69 Å². The van der Waals surface area contributed by atoms with E-state index in [0.29, 0.717) is 12.4 Å². The SMILES string of the molecule is COc1ccc(-n2nc(C)c(CN)c2OC)cc1. The summed E-state index contributed by atoms with van der Waals surface area (Å²) in [7, 11) is 3.26. The smallest absolute Gasteiger partial charge is 0.221 e. The predicted molar refractivity (Wildman–Crippen MR) is 69.3 cm³/mol. The first-order valence-corrected chi connectivity index (χ1v) is 5.68. The zero-order valence-corrected chi connectivity index (χ0v) is 10.8. The second-order valence-electron chi connectivity index (χ2n) is 3.89. The third-order valence-electron chi connectivity index (χ3n) is 2.85. The van der Waals surface area contributed by atoms with Crippen molar-refractivity contribution in [2.24, 2.45) is 5.73 Å². The summed E-state index contributed by atoms with van der Waals surface area (Å²) < 4.78 is 12.3. The molecule has 2 rings (SSSR count). The molecule has 0 aliphatic heterocycles. The van der Waals surface area contributed by atoms with E-state index in [1.165, 1.54) is 0 Å². The normalized spacial score (nSPS) is 10.4. The maximum Gasteiger partial charge on any atom is 0.221 e. The fourth-order valence-corrected chi connectivity index (χ4v) is 1.88. The molecular formula is C13H17N3O2. The molecule has 0 aliphatic carbocycles. The van der Waals surface area contributed by atoms with Gasteiger partial charge in [0.05, 0.1) is 31.2 Å². The van der Waals surface area contributed by atoms with Crippen LogP contribution in [0.3, 0.4) is 0 Å². The molecule has 0 saturated carbocycles. The number of nitrogens with zero attached hydrogens (tertiary/aromatic N) is 2. The molecule has 2 aromatic rings. The van der Waals surface area contributed by atoms with Gasteiger partial charge >= 0.3 is 0 Å². The summed E-state index contributed by atoms with van der Waals surface area (Å²) in [6.07, 6.45) is 0. The van der Waals surface area contributed by atoms with Gasteiger partial charge in [0.1, 0.15) is 5.75 Å². The minimum Gasteiger partial charge on any atom is -0.497 e. The van der Waals surface area contributed by atoms with E-state index in [-0.39, 0.29) is 0 Å². The Bertz CT molecular complexity index is 532. The van der Waals surface area contributed by atoms with Crippen molar-refractivity contribution in [1.82, 2.24) is 9.78 Å². The van der Waals surface area contributed by atoms with E-state index >= 15 is 0 Å². The van der Waals surface area contributed by atoms with Crippen LogP contribution < -0.4 is 15.2 Å². The van der Waals surface area contributed by atoms with Crippen LogP contribution in [0.15, 0.2) is 24.3 Å². The van der Waals surface area contributed by atoms with E-state index in [1.54, 1.807) is 18.9 Å². The summed E-state index contributed by atoms with van der Waals surface area (Å²) >= 11 is 0. The first-order valence-electron chi connectivity index (χ1n) is 5.68. The highest BCUT2D eigenvalue weighted by atomic mass is 16.5. The fourth-order valence-electron chi connectivity index (χ4n) is 1.88. The number of hydrogen-bond acceptors (Lipinski definition) is 4. The molecule has 5 nitrogen and oxygen atoms in total. The minimum absolute atomic E-state index is 0.408. The van der Waals surface area contributed by atoms with Crippen molar-refractivity contribution in [2.45, 2.75) is 13.5 Å². The van der Waals surface area contributed by atoms with Crippen molar-refractivity contribution in [2.75, 3.05) is 14.2 Å². The Balaban J connectivity index is 2.49. The second kappa shape index (κ2) is 5.10. The van der Waals surface area contributed by atoms with Gasteiger partial charge in [0.15, 0.2) is 0 Å². The molecule has 0 bridgehead atoms. The molecule has 0 unspecified atom stereocenters. The standard InChI is InChI=1S/C13H17N3O2/c1-9-12(8-14)13(18-3)16(15-9)10-4-6-11(17-2)7-5-10/h4-7H,8,14H2,1-3H3. The van der Waals surface area contributed by atoms with E-state index < -0.39 is 0 Å². The zero-order chi connectivity index (χ0) is 13.1. The molecule has 2 N–H and O–H groups in total. The maximum absolute atomic E-state index is 5.71. The molecule has 0 amide bonds. The average Bonchev–Trinajstić information content (AvgIpc) is 2.74. The molecular weight excluding hydrogens is 230 g/mol. The zero-order valence-electron chi connectivity index (χ0n) is 10.8. The summed E-state index contributed by atoms with van der Waals surface area (Å²) in [5, 5.41) is 4.45. The van der Waals surface area contributed by atoms with Crippen molar-refractivity contribution >= 4 is 0 Å². The third kappa shape index (κ3) is 2.04. The van der Waals surface area contributed by atoms with Crippen molar-refractivity contribution in [3.63, 3.8) is 0 Å². The van der Waals surface area contributed by atoms with Crippen molar-refractivity contribution < 1.29 is 9.47 Å². The summed E-state index contributed by atoms with van der Waals surface area (Å²) in [4.78, 5) is 0. The van der Waals surface area contributed by atoms with Crippen molar-refractivity contribution in [3.8, 4) is 17.3 Å². The third-order valence-corrected chi connectivity index (χ3v) is 2.85. The number of ether oxygens (including phenoxy) is 2. The van der Waals surface area contributed by atoms with Crippen LogP contribution in [0.2, 0.25) is 0 Å². The van der Waals surface area contributed by atoms with Gasteiger partial charge in [-0.05, 0) is 31.2 Å². The molecule has 0 atom stereocenters. The lowest BCUT2D eigenvalue weighted by Crippen LogP contribution is -2.03. The van der Waals surface area contributed by atoms with Crippen LogP contribution >= 0.6 is 0 Å². The van der Waals surface area contributed by atoms with Crippen LogP contribution in [-0.4, -0.2) is 24.0 Å². The van der Waals surface area contributed by atoms with Gasteiger partial charge < -0.3 is 15.2 Å². The molecule has 0 spiro atoms. The Morgan fingerprint density at radius 2 is 1.83 bits per heavy atom. The summed E-state index contributed by atoms with van der Waals surface area (Å²) in [5.41, 5.74) is 8.43. The predicted octanol–water partition coefficient (Wildman–Crippen LogP) is 1.66. The molecule has 5 heteroatoms. The van der Waals surface area contributed by atoms with Crippen molar-refractivity contribution in [1.29, 1.82) is 0 Å². The fraction of sp³-hybridized carbons (Fsp3) is 0.308. The molecule has 1 aromatic heterocycles. The number of aromatic nitrogens is 2. The van der Waals surface area contributed by atoms with E-state index in [0.717, 1.165) is 22.7 Å². The Morgan fingerprint density at radius 1 is 1.17 bits per heavy atom. The largest absolute Gasteiger partial charge is 0.497 e. The Labute approximate surface area is 106 Å². The lowest BCUT2D eigenvalue weighted by Gasteiger charge is -2.08. The van der Waals surface area contributed by atoms with Gasteiger partial charge in [-0.25, -0.2) is 4.68 Å². The molecule has 1 heterocycles. The van der Waals surface area contributed by atoms with Gasteiger partial charge in [-0.3, -0.25) is 0 Å². The summed E-state index contributed by atoms with van der Waals surface area (Å²) in [6, 6.07) is 7.62. The Kier molecular flexibility index (Phi) is 3.53. The van der Waals surface area contributed by atoms with Gasteiger partial charge in [0, 0.05) is 6.54 Å². The van der Waals surface area contributed by atoms with Gasteiger partial charge in [0.25, 0.3) is 0 Å². The highest BCUT2D eigenvalue weighted by Crippen LogP contribution is 2.26. The molecule has 18 heavy (non-hydrogen) atoms. The van der Waals surface area contributed by atoms with Crippen LogP contribution in [0.5, 0.6) is 11.6 Å². The molecule has 0 saturated heterocycles. The van der Waals surface area contributed by atoms with Gasteiger partial charge in [-0.15, -0.1) is 0 Å². The summed E-state index contributed by atoms with van der Waals surface area (Å²) in [6.45, 7) is 2.33. The second-order valence-corrected chi connectivity index (χ2v) is 3.89. The molecule has 0 fully saturated rings.